The molecule has 0 spiro atoms. The quantitative estimate of drug-likeness (QED) is 0.642. The first-order valence-corrected chi connectivity index (χ1v) is 7.20. The Morgan fingerprint density at radius 2 is 1.81 bits per heavy atom. The van der Waals surface area contributed by atoms with Crippen LogP contribution in [0.4, 0.5) is 0 Å². The number of aromatic hydroxyl groups is 2. The van der Waals surface area contributed by atoms with E-state index in [9.17, 15) is 15.0 Å². The van der Waals surface area contributed by atoms with Crippen molar-refractivity contribution in [2.75, 3.05) is 0 Å². The Kier molecular flexibility index (Phi) is 4.21. The van der Waals surface area contributed by atoms with Crippen LogP contribution in [0.2, 0.25) is 0 Å². The van der Waals surface area contributed by atoms with Crippen LogP contribution in [-0.4, -0.2) is 16.0 Å². The van der Waals surface area contributed by atoms with E-state index < -0.39 is 0 Å². The molecule has 21 heavy (non-hydrogen) atoms. The van der Waals surface area contributed by atoms with Gasteiger partial charge in [0.2, 0.25) is 0 Å². The number of carbonyl (C=O) groups excluding carboxylic acids is 1. The fourth-order valence-electron chi connectivity index (χ4n) is 3.07. The average Bonchev–Trinajstić information content (AvgIpc) is 2.37. The molecule has 0 fully saturated rings. The van der Waals surface area contributed by atoms with E-state index in [-0.39, 0.29) is 29.1 Å². The van der Waals surface area contributed by atoms with Crippen LogP contribution in [0.25, 0.3) is 0 Å². The molecule has 3 heteroatoms. The van der Waals surface area contributed by atoms with Gasteiger partial charge in [0.25, 0.3) is 0 Å². The average molecular weight is 286 g/mol. The van der Waals surface area contributed by atoms with Crippen molar-refractivity contribution in [2.24, 2.45) is 5.92 Å². The largest absolute Gasteiger partial charge is 0.507 e. The minimum Gasteiger partial charge on any atom is -0.507 e. The van der Waals surface area contributed by atoms with Gasteiger partial charge in [-0.05, 0) is 51.7 Å². The summed E-state index contributed by atoms with van der Waals surface area (Å²) in [6.07, 6.45) is 4.04. The fourth-order valence-corrected chi connectivity index (χ4v) is 3.07. The normalized spacial score (nSPS) is 21.8. The Morgan fingerprint density at radius 1 is 1.24 bits per heavy atom. The minimum absolute atomic E-state index is 0.0256. The van der Waals surface area contributed by atoms with E-state index in [0.29, 0.717) is 11.1 Å². The molecule has 0 amide bonds. The van der Waals surface area contributed by atoms with E-state index in [0.717, 1.165) is 18.4 Å². The molecule has 1 aliphatic carbocycles. The molecule has 0 saturated heterocycles. The summed E-state index contributed by atoms with van der Waals surface area (Å²) in [7, 11) is 0. The third kappa shape index (κ3) is 3.02. The van der Waals surface area contributed by atoms with Crippen LogP contribution < -0.4 is 0 Å². The van der Waals surface area contributed by atoms with Crippen LogP contribution in [-0.2, 0) is 0 Å². The van der Waals surface area contributed by atoms with Crippen molar-refractivity contribution in [1.82, 2.24) is 0 Å². The molecule has 0 aromatic heterocycles. The summed E-state index contributed by atoms with van der Waals surface area (Å²) in [5.41, 5.74) is 3.09. The standard InChI is InChI=1S/C18H22O3/c1-10(2)14-6-5-11(3)7-15(14)18-16(20)8-13(12(4)19)9-17(18)21/h7-9,14-15,20-21H,1,5-6H2,2-4H3/t14-,15+/m1/s1. The third-order valence-electron chi connectivity index (χ3n) is 4.26. The van der Waals surface area contributed by atoms with Gasteiger partial charge in [-0.1, -0.05) is 23.8 Å². The van der Waals surface area contributed by atoms with Crippen molar-refractivity contribution in [2.45, 2.75) is 39.5 Å². The topological polar surface area (TPSA) is 57.5 Å². The van der Waals surface area contributed by atoms with Gasteiger partial charge in [-0.15, -0.1) is 0 Å². The second kappa shape index (κ2) is 5.76. The maximum Gasteiger partial charge on any atom is 0.160 e. The number of hydrogen-bond acceptors (Lipinski definition) is 3. The van der Waals surface area contributed by atoms with Gasteiger partial charge in [0.15, 0.2) is 5.78 Å². The second-order valence-corrected chi connectivity index (χ2v) is 6.01. The van der Waals surface area contributed by atoms with Gasteiger partial charge in [0.05, 0.1) is 0 Å². The molecule has 0 aliphatic heterocycles. The zero-order chi connectivity index (χ0) is 15.7. The molecular weight excluding hydrogens is 264 g/mol. The number of allylic oxidation sites excluding steroid dienone is 3. The number of benzene rings is 1. The van der Waals surface area contributed by atoms with E-state index in [1.807, 2.05) is 6.92 Å². The van der Waals surface area contributed by atoms with E-state index in [2.05, 4.69) is 19.6 Å². The molecule has 1 aliphatic rings. The second-order valence-electron chi connectivity index (χ2n) is 6.01. The molecule has 2 rings (SSSR count). The summed E-state index contributed by atoms with van der Waals surface area (Å²) in [6, 6.07) is 2.87. The van der Waals surface area contributed by atoms with Crippen LogP contribution in [0.3, 0.4) is 0 Å². The lowest BCUT2D eigenvalue weighted by molar-refractivity contribution is 0.101. The van der Waals surface area contributed by atoms with Crippen LogP contribution >= 0.6 is 0 Å². The van der Waals surface area contributed by atoms with Crippen molar-refractivity contribution in [3.63, 3.8) is 0 Å². The lowest BCUT2D eigenvalue weighted by Gasteiger charge is -2.31. The first-order valence-electron chi connectivity index (χ1n) is 7.20. The third-order valence-corrected chi connectivity index (χ3v) is 4.26. The van der Waals surface area contributed by atoms with Gasteiger partial charge in [-0.2, -0.15) is 0 Å². The first kappa shape index (κ1) is 15.4. The Bertz CT molecular complexity index is 602. The van der Waals surface area contributed by atoms with Gasteiger partial charge in [0.1, 0.15) is 11.5 Å². The first-order chi connectivity index (χ1) is 9.81. The Hall–Kier alpha value is -2.03. The van der Waals surface area contributed by atoms with Crippen molar-refractivity contribution in [3.05, 3.63) is 47.1 Å². The summed E-state index contributed by atoms with van der Waals surface area (Å²) in [6.45, 7) is 9.48. The van der Waals surface area contributed by atoms with E-state index in [1.54, 1.807) is 0 Å². The Morgan fingerprint density at radius 3 is 2.29 bits per heavy atom. The zero-order valence-electron chi connectivity index (χ0n) is 12.8. The van der Waals surface area contributed by atoms with Gasteiger partial charge in [0, 0.05) is 17.0 Å². The highest BCUT2D eigenvalue weighted by Crippen LogP contribution is 2.46. The van der Waals surface area contributed by atoms with Crippen molar-refractivity contribution in [3.8, 4) is 11.5 Å². The summed E-state index contributed by atoms with van der Waals surface area (Å²) in [5.74, 6) is -0.144. The molecule has 0 heterocycles. The van der Waals surface area contributed by atoms with Gasteiger partial charge in [-0.25, -0.2) is 0 Å². The van der Waals surface area contributed by atoms with Crippen molar-refractivity contribution < 1.29 is 15.0 Å². The molecular formula is C18H22O3. The molecule has 0 saturated carbocycles. The van der Waals surface area contributed by atoms with E-state index in [1.165, 1.54) is 24.6 Å². The van der Waals surface area contributed by atoms with E-state index >= 15 is 0 Å². The number of phenols is 2. The SMILES string of the molecule is C=C(C)[C@H]1CCC(C)=C[C@@H]1c1c(O)cc(C(C)=O)cc1O. The minimum atomic E-state index is -0.182. The Balaban J connectivity index is 2.55. The van der Waals surface area contributed by atoms with Crippen LogP contribution in [0, 0.1) is 5.92 Å². The lowest BCUT2D eigenvalue weighted by atomic mass is 9.73. The van der Waals surface area contributed by atoms with Gasteiger partial charge in [-0.3, -0.25) is 4.79 Å². The molecule has 0 bridgehead atoms. The predicted octanol–water partition coefficient (Wildman–Crippen LogP) is 4.32. The number of Topliss-reactive ketones (excluding diaryl/α,β-unsaturated/α-hetero) is 1. The number of rotatable bonds is 3. The molecule has 2 atom stereocenters. The molecule has 3 nitrogen and oxygen atoms in total. The highest BCUT2D eigenvalue weighted by Gasteiger charge is 2.30. The van der Waals surface area contributed by atoms with E-state index in [4.69, 9.17) is 0 Å². The van der Waals surface area contributed by atoms with Crippen molar-refractivity contribution in [1.29, 1.82) is 0 Å². The van der Waals surface area contributed by atoms with Gasteiger partial charge < -0.3 is 10.2 Å². The molecule has 2 N–H and O–H groups in total. The number of ketones is 1. The lowest BCUT2D eigenvalue weighted by Crippen LogP contribution is -2.17. The van der Waals surface area contributed by atoms with Crippen molar-refractivity contribution >= 4 is 5.78 Å². The number of carbonyl (C=O) groups is 1. The van der Waals surface area contributed by atoms with Crippen LogP contribution in [0.5, 0.6) is 11.5 Å². The molecule has 112 valence electrons. The smallest absolute Gasteiger partial charge is 0.160 e. The highest BCUT2D eigenvalue weighted by atomic mass is 16.3. The highest BCUT2D eigenvalue weighted by molar-refractivity contribution is 5.95. The number of phenolic OH excluding ortho intramolecular Hbond substituents is 2. The predicted molar refractivity (Wildman–Crippen MR) is 83.8 cm³/mol. The van der Waals surface area contributed by atoms with Crippen LogP contribution in [0.15, 0.2) is 35.9 Å². The fraction of sp³-hybridized carbons (Fsp3) is 0.389. The maximum absolute atomic E-state index is 11.4. The Labute approximate surface area is 125 Å². The van der Waals surface area contributed by atoms with Gasteiger partial charge >= 0.3 is 0 Å². The zero-order valence-corrected chi connectivity index (χ0v) is 12.8. The summed E-state index contributed by atoms with van der Waals surface area (Å²) in [4.78, 5) is 11.4. The summed E-state index contributed by atoms with van der Waals surface area (Å²) in [5, 5.41) is 20.6. The van der Waals surface area contributed by atoms with Crippen LogP contribution in [0.1, 0.15) is 55.5 Å². The summed E-state index contributed by atoms with van der Waals surface area (Å²) >= 11 is 0. The molecule has 1 aromatic rings. The summed E-state index contributed by atoms with van der Waals surface area (Å²) < 4.78 is 0. The number of hydrogen-bond donors (Lipinski definition) is 2. The monoisotopic (exact) mass is 286 g/mol. The maximum atomic E-state index is 11.4. The molecule has 1 aromatic carbocycles. The molecule has 0 radical (unpaired) electrons. The molecule has 0 unspecified atom stereocenters.